The Morgan fingerprint density at radius 3 is 2.55 bits per heavy atom. The van der Waals surface area contributed by atoms with Crippen molar-refractivity contribution < 1.29 is 18.7 Å². The van der Waals surface area contributed by atoms with Gasteiger partial charge < -0.3 is 18.8 Å². The van der Waals surface area contributed by atoms with Gasteiger partial charge in [-0.05, 0) is 29.7 Å². The van der Waals surface area contributed by atoms with E-state index in [4.69, 9.17) is 13.9 Å². The second-order valence-electron chi connectivity index (χ2n) is 6.60. The third-order valence-corrected chi connectivity index (χ3v) is 5.61. The fourth-order valence-corrected chi connectivity index (χ4v) is 3.90. The van der Waals surface area contributed by atoms with E-state index in [1.165, 1.54) is 22.9 Å². The lowest BCUT2D eigenvalue weighted by molar-refractivity contribution is -0.129. The molecule has 0 saturated carbocycles. The standard InChI is InChI=1S/C21H21N3O4S/c1-26-17-9-16(10-18(11-17)27-2)20-22-23-21(28-20)29-13-19(25)24-8-7-14-5-3-4-6-15(14)12-24/h3-6,9-11H,7-8,12-13H2,1-2H3. The average molecular weight is 411 g/mol. The molecule has 1 aliphatic heterocycles. The number of rotatable bonds is 6. The van der Waals surface area contributed by atoms with Crippen molar-refractivity contribution >= 4 is 17.7 Å². The first-order valence-corrected chi connectivity index (χ1v) is 10.2. The van der Waals surface area contributed by atoms with Crippen LogP contribution >= 0.6 is 11.8 Å². The van der Waals surface area contributed by atoms with Gasteiger partial charge in [0.15, 0.2) is 0 Å². The van der Waals surface area contributed by atoms with Crippen molar-refractivity contribution in [2.45, 2.75) is 18.2 Å². The van der Waals surface area contributed by atoms with E-state index in [1.54, 1.807) is 32.4 Å². The molecule has 0 N–H and O–H groups in total. The van der Waals surface area contributed by atoms with Crippen LogP contribution in [0.3, 0.4) is 0 Å². The van der Waals surface area contributed by atoms with Crippen LogP contribution in [0.2, 0.25) is 0 Å². The van der Waals surface area contributed by atoms with Crippen molar-refractivity contribution in [2.24, 2.45) is 0 Å². The summed E-state index contributed by atoms with van der Waals surface area (Å²) in [4.78, 5) is 14.5. The molecule has 8 heteroatoms. The molecule has 0 fully saturated rings. The molecule has 0 spiro atoms. The third-order valence-electron chi connectivity index (χ3n) is 4.81. The Morgan fingerprint density at radius 1 is 1.10 bits per heavy atom. The van der Waals surface area contributed by atoms with Gasteiger partial charge in [-0.2, -0.15) is 0 Å². The maximum Gasteiger partial charge on any atom is 0.277 e. The second-order valence-corrected chi connectivity index (χ2v) is 7.52. The van der Waals surface area contributed by atoms with Crippen molar-refractivity contribution in [2.75, 3.05) is 26.5 Å². The van der Waals surface area contributed by atoms with E-state index >= 15 is 0 Å². The molecule has 150 valence electrons. The fourth-order valence-electron chi connectivity index (χ4n) is 3.24. The van der Waals surface area contributed by atoms with Crippen LogP contribution in [0.1, 0.15) is 11.1 Å². The molecular formula is C21H21N3O4S. The maximum atomic E-state index is 12.6. The summed E-state index contributed by atoms with van der Waals surface area (Å²) in [5.41, 5.74) is 3.23. The normalized spacial score (nSPS) is 13.1. The summed E-state index contributed by atoms with van der Waals surface area (Å²) < 4.78 is 16.3. The first-order chi connectivity index (χ1) is 14.2. The van der Waals surface area contributed by atoms with Crippen LogP contribution in [0.25, 0.3) is 11.5 Å². The van der Waals surface area contributed by atoms with Gasteiger partial charge in [0.05, 0.1) is 20.0 Å². The number of hydrogen-bond donors (Lipinski definition) is 0. The highest BCUT2D eigenvalue weighted by Crippen LogP contribution is 2.30. The smallest absolute Gasteiger partial charge is 0.277 e. The van der Waals surface area contributed by atoms with Gasteiger partial charge in [0.2, 0.25) is 11.8 Å². The molecule has 0 bridgehead atoms. The van der Waals surface area contributed by atoms with Crippen LogP contribution in [0.15, 0.2) is 52.1 Å². The molecule has 1 aliphatic rings. The number of benzene rings is 2. The van der Waals surface area contributed by atoms with Gasteiger partial charge >= 0.3 is 0 Å². The third kappa shape index (κ3) is 4.37. The Bertz CT molecular complexity index is 998. The topological polar surface area (TPSA) is 77.7 Å². The van der Waals surface area contributed by atoms with Crippen LogP contribution in [0, 0.1) is 0 Å². The number of thioether (sulfide) groups is 1. The lowest BCUT2D eigenvalue weighted by Crippen LogP contribution is -2.37. The van der Waals surface area contributed by atoms with E-state index in [0.29, 0.717) is 34.7 Å². The minimum atomic E-state index is 0.0623. The highest BCUT2D eigenvalue weighted by atomic mass is 32.2. The lowest BCUT2D eigenvalue weighted by atomic mass is 10.00. The Morgan fingerprint density at radius 2 is 1.83 bits per heavy atom. The van der Waals surface area contributed by atoms with Crippen molar-refractivity contribution in [3.63, 3.8) is 0 Å². The first-order valence-electron chi connectivity index (χ1n) is 9.20. The molecule has 4 rings (SSSR count). The van der Waals surface area contributed by atoms with Crippen LogP contribution < -0.4 is 9.47 Å². The fraction of sp³-hybridized carbons (Fsp3) is 0.286. The maximum absolute atomic E-state index is 12.6. The average Bonchev–Trinajstić information content (AvgIpc) is 3.26. The predicted molar refractivity (Wildman–Crippen MR) is 109 cm³/mol. The summed E-state index contributed by atoms with van der Waals surface area (Å²) >= 11 is 1.24. The SMILES string of the molecule is COc1cc(OC)cc(-c2nnc(SCC(=O)N3CCc4ccccc4C3)o2)c1. The van der Waals surface area contributed by atoms with Crippen molar-refractivity contribution in [1.82, 2.24) is 15.1 Å². The largest absolute Gasteiger partial charge is 0.497 e. The summed E-state index contributed by atoms with van der Waals surface area (Å²) in [6.07, 6.45) is 0.884. The molecule has 3 aromatic rings. The van der Waals surface area contributed by atoms with E-state index in [0.717, 1.165) is 13.0 Å². The molecule has 0 saturated heterocycles. The van der Waals surface area contributed by atoms with Crippen LogP contribution in [0.5, 0.6) is 11.5 Å². The summed E-state index contributed by atoms with van der Waals surface area (Å²) in [7, 11) is 3.16. The van der Waals surface area contributed by atoms with Gasteiger partial charge in [0.25, 0.3) is 5.22 Å². The molecule has 2 heterocycles. The predicted octanol–water partition coefficient (Wildman–Crippen LogP) is 3.43. The number of fused-ring (bicyclic) bond motifs is 1. The molecule has 29 heavy (non-hydrogen) atoms. The second kappa shape index (κ2) is 8.57. The van der Waals surface area contributed by atoms with Crippen LogP contribution in [-0.4, -0.2) is 47.5 Å². The molecule has 2 aromatic carbocycles. The molecule has 0 unspecified atom stereocenters. The number of carbonyl (C=O) groups excluding carboxylic acids is 1. The molecular weight excluding hydrogens is 390 g/mol. The zero-order valence-electron chi connectivity index (χ0n) is 16.3. The van der Waals surface area contributed by atoms with E-state index in [2.05, 4.69) is 22.3 Å². The minimum absolute atomic E-state index is 0.0623. The molecule has 0 aliphatic carbocycles. The number of methoxy groups -OCH3 is 2. The molecule has 7 nitrogen and oxygen atoms in total. The van der Waals surface area contributed by atoms with Gasteiger partial charge in [0, 0.05) is 24.7 Å². The number of nitrogens with zero attached hydrogens (tertiary/aromatic N) is 3. The molecule has 1 aromatic heterocycles. The summed E-state index contributed by atoms with van der Waals surface area (Å²) in [6.45, 7) is 1.38. The number of carbonyl (C=O) groups is 1. The van der Waals surface area contributed by atoms with Crippen LogP contribution in [-0.2, 0) is 17.8 Å². The summed E-state index contributed by atoms with van der Waals surface area (Å²) in [6, 6.07) is 13.6. The van der Waals surface area contributed by atoms with Gasteiger partial charge in [-0.1, -0.05) is 36.0 Å². The van der Waals surface area contributed by atoms with Crippen molar-refractivity contribution in [3.05, 3.63) is 53.6 Å². The molecule has 1 amide bonds. The van der Waals surface area contributed by atoms with Gasteiger partial charge in [0.1, 0.15) is 11.5 Å². The Hall–Kier alpha value is -3.00. The Labute approximate surface area is 173 Å². The number of amides is 1. The van der Waals surface area contributed by atoms with E-state index in [9.17, 15) is 4.79 Å². The monoisotopic (exact) mass is 411 g/mol. The quantitative estimate of drug-likeness (QED) is 0.575. The highest BCUT2D eigenvalue weighted by molar-refractivity contribution is 7.99. The van der Waals surface area contributed by atoms with Gasteiger partial charge in [-0.15, -0.1) is 10.2 Å². The molecule has 0 radical (unpaired) electrons. The highest BCUT2D eigenvalue weighted by Gasteiger charge is 2.21. The Kier molecular flexibility index (Phi) is 5.71. The van der Waals surface area contributed by atoms with Crippen molar-refractivity contribution in [3.8, 4) is 23.0 Å². The Balaban J connectivity index is 1.39. The zero-order valence-corrected chi connectivity index (χ0v) is 17.1. The van der Waals surface area contributed by atoms with Gasteiger partial charge in [-0.25, -0.2) is 0 Å². The zero-order chi connectivity index (χ0) is 20.2. The van der Waals surface area contributed by atoms with E-state index < -0.39 is 0 Å². The van der Waals surface area contributed by atoms with Crippen molar-refractivity contribution in [1.29, 1.82) is 0 Å². The van der Waals surface area contributed by atoms with Gasteiger partial charge in [-0.3, -0.25) is 4.79 Å². The number of ether oxygens (including phenoxy) is 2. The minimum Gasteiger partial charge on any atom is -0.497 e. The summed E-state index contributed by atoms with van der Waals surface area (Å²) in [5, 5.41) is 8.49. The first kappa shape index (κ1) is 19.3. The molecule has 0 atom stereocenters. The van der Waals surface area contributed by atoms with Crippen LogP contribution in [0.4, 0.5) is 0 Å². The number of aromatic nitrogens is 2. The summed E-state index contributed by atoms with van der Waals surface area (Å²) in [5.74, 6) is 1.93. The lowest BCUT2D eigenvalue weighted by Gasteiger charge is -2.28. The van der Waals surface area contributed by atoms with E-state index in [-0.39, 0.29) is 11.7 Å². The van der Waals surface area contributed by atoms with E-state index in [1.807, 2.05) is 17.0 Å². The number of hydrogen-bond acceptors (Lipinski definition) is 7.